The molecule has 6 unspecified atom stereocenters. The second-order valence-electron chi connectivity index (χ2n) is 9.29. The second-order valence-corrected chi connectivity index (χ2v) is 10.2. The van der Waals surface area contributed by atoms with Crippen molar-refractivity contribution in [3.05, 3.63) is 21.9 Å². The Morgan fingerprint density at radius 2 is 2.15 bits per heavy atom. The lowest BCUT2D eigenvalue weighted by atomic mass is 9.61. The van der Waals surface area contributed by atoms with Crippen molar-refractivity contribution in [1.29, 1.82) is 0 Å². The summed E-state index contributed by atoms with van der Waals surface area (Å²) >= 11 is 1.69. The highest BCUT2D eigenvalue weighted by Gasteiger charge is 2.51. The SMILES string of the molecule is CC(=O)OC(CCCC(C)C1CCC2C(O)CCCC12C)c1cc(C)cs1. The molecule has 6 atom stereocenters. The van der Waals surface area contributed by atoms with Gasteiger partial charge in [0.1, 0.15) is 6.10 Å². The normalized spacial score (nSPS) is 32.7. The molecule has 1 heterocycles. The van der Waals surface area contributed by atoms with Crippen LogP contribution in [0.3, 0.4) is 0 Å². The van der Waals surface area contributed by atoms with Crippen molar-refractivity contribution in [2.75, 3.05) is 0 Å². The number of hydrogen-bond acceptors (Lipinski definition) is 4. The molecule has 2 aliphatic rings. The molecule has 1 N–H and O–H groups in total. The molecule has 2 fully saturated rings. The summed E-state index contributed by atoms with van der Waals surface area (Å²) in [7, 11) is 0. The summed E-state index contributed by atoms with van der Waals surface area (Å²) < 4.78 is 5.62. The zero-order chi connectivity index (χ0) is 19.6. The van der Waals surface area contributed by atoms with Crippen molar-refractivity contribution in [3.63, 3.8) is 0 Å². The predicted molar refractivity (Wildman–Crippen MR) is 111 cm³/mol. The zero-order valence-corrected chi connectivity index (χ0v) is 18.2. The molecule has 0 saturated heterocycles. The third-order valence-corrected chi connectivity index (χ3v) is 8.49. The van der Waals surface area contributed by atoms with Gasteiger partial charge in [0.25, 0.3) is 0 Å². The Hall–Kier alpha value is -0.870. The van der Waals surface area contributed by atoms with Crippen molar-refractivity contribution >= 4 is 17.3 Å². The van der Waals surface area contributed by atoms with E-state index in [2.05, 4.69) is 32.2 Å². The maximum atomic E-state index is 11.5. The average Bonchev–Trinajstić information content (AvgIpc) is 3.17. The highest BCUT2D eigenvalue weighted by atomic mass is 32.1. The molecule has 0 bridgehead atoms. The summed E-state index contributed by atoms with van der Waals surface area (Å²) in [6.07, 6.45) is 8.85. The van der Waals surface area contributed by atoms with Gasteiger partial charge in [-0.3, -0.25) is 4.79 Å². The number of ether oxygens (including phenoxy) is 1. The average molecular weight is 393 g/mol. The fourth-order valence-electron chi connectivity index (χ4n) is 6.03. The molecule has 27 heavy (non-hydrogen) atoms. The summed E-state index contributed by atoms with van der Waals surface area (Å²) in [6.45, 7) is 8.42. The van der Waals surface area contributed by atoms with Crippen molar-refractivity contribution in [3.8, 4) is 0 Å². The molecule has 0 aliphatic heterocycles. The number of thiophene rings is 1. The van der Waals surface area contributed by atoms with Crippen molar-refractivity contribution in [2.24, 2.45) is 23.2 Å². The van der Waals surface area contributed by atoms with Gasteiger partial charge >= 0.3 is 5.97 Å². The number of rotatable bonds is 7. The van der Waals surface area contributed by atoms with Crippen LogP contribution in [0.1, 0.15) is 88.7 Å². The topological polar surface area (TPSA) is 46.5 Å². The van der Waals surface area contributed by atoms with E-state index in [1.165, 1.54) is 49.5 Å². The molecule has 0 amide bonds. The fourth-order valence-corrected chi connectivity index (χ4v) is 6.99. The van der Waals surface area contributed by atoms with Gasteiger partial charge in [-0.05, 0) is 85.6 Å². The van der Waals surface area contributed by atoms with Crippen LogP contribution in [0.4, 0.5) is 0 Å². The van der Waals surface area contributed by atoms with Crippen LogP contribution in [0.2, 0.25) is 0 Å². The molecular formula is C23H36O3S. The summed E-state index contributed by atoms with van der Waals surface area (Å²) in [5.74, 6) is 1.69. The molecule has 3 rings (SSSR count). The second kappa shape index (κ2) is 8.65. The van der Waals surface area contributed by atoms with Crippen LogP contribution < -0.4 is 0 Å². The molecule has 1 aromatic rings. The molecule has 2 saturated carbocycles. The Balaban J connectivity index is 1.56. The van der Waals surface area contributed by atoms with Gasteiger partial charge in [-0.15, -0.1) is 11.3 Å². The molecule has 2 aliphatic carbocycles. The molecule has 0 aromatic carbocycles. The van der Waals surface area contributed by atoms with Gasteiger partial charge in [-0.25, -0.2) is 0 Å². The van der Waals surface area contributed by atoms with E-state index in [1.54, 1.807) is 11.3 Å². The van der Waals surface area contributed by atoms with Crippen molar-refractivity contribution in [2.45, 2.75) is 91.3 Å². The van der Waals surface area contributed by atoms with E-state index in [0.29, 0.717) is 23.2 Å². The van der Waals surface area contributed by atoms with Gasteiger partial charge in [-0.2, -0.15) is 0 Å². The number of hydrogen-bond donors (Lipinski definition) is 1. The van der Waals surface area contributed by atoms with E-state index in [4.69, 9.17) is 4.74 Å². The van der Waals surface area contributed by atoms with E-state index in [0.717, 1.165) is 19.3 Å². The molecule has 0 radical (unpaired) electrons. The van der Waals surface area contributed by atoms with E-state index in [1.807, 2.05) is 0 Å². The number of esters is 1. The van der Waals surface area contributed by atoms with Gasteiger partial charge < -0.3 is 9.84 Å². The summed E-state index contributed by atoms with van der Waals surface area (Å²) in [4.78, 5) is 12.7. The summed E-state index contributed by atoms with van der Waals surface area (Å²) in [5, 5.41) is 12.6. The van der Waals surface area contributed by atoms with Crippen LogP contribution >= 0.6 is 11.3 Å². The van der Waals surface area contributed by atoms with Crippen LogP contribution in [0.5, 0.6) is 0 Å². The minimum atomic E-state index is -0.193. The third-order valence-electron chi connectivity index (χ3n) is 7.35. The Kier molecular flexibility index (Phi) is 6.68. The smallest absolute Gasteiger partial charge is 0.303 e. The van der Waals surface area contributed by atoms with Crippen LogP contribution in [-0.2, 0) is 9.53 Å². The number of aliphatic hydroxyl groups is 1. The van der Waals surface area contributed by atoms with Crippen LogP contribution in [0.25, 0.3) is 0 Å². The Morgan fingerprint density at radius 1 is 1.37 bits per heavy atom. The number of aryl methyl sites for hydroxylation is 1. The molecule has 152 valence electrons. The Morgan fingerprint density at radius 3 is 2.81 bits per heavy atom. The largest absolute Gasteiger partial charge is 0.457 e. The fraction of sp³-hybridized carbons (Fsp3) is 0.783. The molecule has 4 heteroatoms. The first-order valence-electron chi connectivity index (χ1n) is 10.7. The monoisotopic (exact) mass is 392 g/mol. The maximum Gasteiger partial charge on any atom is 0.303 e. The zero-order valence-electron chi connectivity index (χ0n) is 17.4. The van der Waals surface area contributed by atoms with E-state index in [9.17, 15) is 9.90 Å². The van der Waals surface area contributed by atoms with E-state index >= 15 is 0 Å². The lowest BCUT2D eigenvalue weighted by Crippen LogP contribution is -2.41. The number of carbonyl (C=O) groups is 1. The van der Waals surface area contributed by atoms with Gasteiger partial charge in [0.05, 0.1) is 6.10 Å². The molecule has 0 spiro atoms. The molecular weight excluding hydrogens is 356 g/mol. The summed E-state index contributed by atoms with van der Waals surface area (Å²) in [6, 6.07) is 2.15. The Labute approximate surface area is 168 Å². The van der Waals surface area contributed by atoms with Crippen molar-refractivity contribution in [1.82, 2.24) is 0 Å². The predicted octanol–water partition coefficient (Wildman–Crippen LogP) is 6.04. The Bertz CT molecular complexity index is 639. The van der Waals surface area contributed by atoms with E-state index < -0.39 is 0 Å². The van der Waals surface area contributed by atoms with Gasteiger partial charge in [0, 0.05) is 11.8 Å². The first-order chi connectivity index (χ1) is 12.8. The van der Waals surface area contributed by atoms with Crippen LogP contribution in [0.15, 0.2) is 11.4 Å². The quantitative estimate of drug-likeness (QED) is 0.575. The minimum Gasteiger partial charge on any atom is -0.457 e. The lowest BCUT2D eigenvalue weighted by molar-refractivity contribution is -0.147. The van der Waals surface area contributed by atoms with E-state index in [-0.39, 0.29) is 18.2 Å². The minimum absolute atomic E-state index is 0.0867. The summed E-state index contributed by atoms with van der Waals surface area (Å²) in [5.41, 5.74) is 1.55. The van der Waals surface area contributed by atoms with Gasteiger partial charge in [-0.1, -0.05) is 26.7 Å². The first kappa shape index (κ1) is 20.9. The highest BCUT2D eigenvalue weighted by Crippen LogP contribution is 2.58. The van der Waals surface area contributed by atoms with Gasteiger partial charge in [0.15, 0.2) is 0 Å². The van der Waals surface area contributed by atoms with Gasteiger partial charge in [0.2, 0.25) is 0 Å². The van der Waals surface area contributed by atoms with Crippen LogP contribution in [-0.4, -0.2) is 17.2 Å². The number of carbonyl (C=O) groups excluding carboxylic acids is 1. The molecule has 3 nitrogen and oxygen atoms in total. The van der Waals surface area contributed by atoms with Crippen molar-refractivity contribution < 1.29 is 14.6 Å². The van der Waals surface area contributed by atoms with Crippen LogP contribution in [0, 0.1) is 30.1 Å². The molecule has 1 aromatic heterocycles. The lowest BCUT2D eigenvalue weighted by Gasteiger charge is -2.45. The standard InChI is InChI=1S/C23H36O3S/c1-15-13-22(27-14-15)21(26-17(3)24)9-5-7-16(2)18-10-11-19-20(25)8-6-12-23(18,19)4/h13-14,16,18-21,25H,5-12H2,1-4H3. The number of fused-ring (bicyclic) bond motifs is 1. The number of aliphatic hydroxyl groups excluding tert-OH is 1. The first-order valence-corrected chi connectivity index (χ1v) is 11.6. The maximum absolute atomic E-state index is 11.5. The third kappa shape index (κ3) is 4.59. The highest BCUT2D eigenvalue weighted by molar-refractivity contribution is 7.10.